The average molecular weight is 341 g/mol. The Morgan fingerprint density at radius 1 is 1.18 bits per heavy atom. The number of carbonyl (C=O) groups is 1. The third-order valence-electron chi connectivity index (χ3n) is 4.09. The third-order valence-corrected chi connectivity index (χ3v) is 20.5. The van der Waals surface area contributed by atoms with Crippen molar-refractivity contribution in [2.75, 3.05) is 0 Å². The van der Waals surface area contributed by atoms with E-state index < -0.39 is 24.3 Å². The van der Waals surface area contributed by atoms with Crippen molar-refractivity contribution < 1.29 is 9.90 Å². The molecule has 0 bridgehead atoms. The zero-order chi connectivity index (χ0) is 13.1. The Kier molecular flexibility index (Phi) is 5.04. The summed E-state index contributed by atoms with van der Waals surface area (Å²) in [6, 6.07) is 5.65. The number of aryl methyl sites for hydroxylation is 1. The number of hydrogen-bond donors (Lipinski definition) is 1. The van der Waals surface area contributed by atoms with E-state index in [1.165, 1.54) is 22.5 Å². The summed E-state index contributed by atoms with van der Waals surface area (Å²) in [6.07, 6.45) is 0. The molecule has 94 valence electrons. The molecule has 0 aliphatic rings. The first-order valence-corrected chi connectivity index (χ1v) is 13.8. The van der Waals surface area contributed by atoms with Crippen molar-refractivity contribution in [1.82, 2.24) is 0 Å². The van der Waals surface area contributed by atoms with Crippen molar-refractivity contribution in [3.8, 4) is 0 Å². The van der Waals surface area contributed by atoms with Gasteiger partial charge in [0.05, 0.1) is 0 Å². The predicted molar refractivity (Wildman–Crippen MR) is 75.0 cm³/mol. The molecule has 0 radical (unpaired) electrons. The number of hydrogen-bond acceptors (Lipinski definition) is 1. The zero-order valence-corrected chi connectivity index (χ0v) is 14.1. The Morgan fingerprint density at radius 2 is 1.71 bits per heavy atom. The maximum absolute atomic E-state index is 11.1. The first-order chi connectivity index (χ1) is 8.00. The van der Waals surface area contributed by atoms with Crippen LogP contribution in [0.25, 0.3) is 0 Å². The Morgan fingerprint density at radius 3 is 2.12 bits per heavy atom. The molecule has 0 spiro atoms. The van der Waals surface area contributed by atoms with Gasteiger partial charge in [-0.25, -0.2) is 0 Å². The average Bonchev–Trinajstić information content (AvgIpc) is 2.33. The van der Waals surface area contributed by atoms with Gasteiger partial charge in [0.1, 0.15) is 0 Å². The molecule has 0 amide bonds. The van der Waals surface area contributed by atoms with Gasteiger partial charge in [-0.05, 0) is 0 Å². The summed E-state index contributed by atoms with van der Waals surface area (Å²) in [5.41, 5.74) is 1.73. The van der Waals surface area contributed by atoms with Crippen LogP contribution in [0.3, 0.4) is 0 Å². The van der Waals surface area contributed by atoms with Gasteiger partial charge in [0, 0.05) is 0 Å². The Labute approximate surface area is 108 Å². The molecule has 0 fully saturated rings. The van der Waals surface area contributed by atoms with E-state index in [-0.39, 0.29) is 0 Å². The second-order valence-electron chi connectivity index (χ2n) is 4.68. The normalized spacial score (nSPS) is 11.5. The number of rotatable bonds is 5. The first kappa shape index (κ1) is 14.5. The van der Waals surface area contributed by atoms with E-state index in [1.807, 2.05) is 12.1 Å². The van der Waals surface area contributed by atoms with Crippen molar-refractivity contribution >= 4 is 27.9 Å². The molecule has 0 saturated carbocycles. The van der Waals surface area contributed by atoms with Gasteiger partial charge in [-0.1, -0.05) is 0 Å². The Hall–Kier alpha value is -0.511. The van der Waals surface area contributed by atoms with Gasteiger partial charge in [-0.3, -0.25) is 0 Å². The van der Waals surface area contributed by atoms with Crippen LogP contribution in [0, 0.1) is 6.92 Å². The van der Waals surface area contributed by atoms with Crippen LogP contribution in [0.2, 0.25) is 13.3 Å². The van der Waals surface area contributed by atoms with Crippen LogP contribution < -0.4 is 3.58 Å². The molecule has 1 N–H and O–H groups in total. The molecule has 0 heterocycles. The molecule has 1 rings (SSSR count). The molecule has 17 heavy (non-hydrogen) atoms. The molecule has 1 aromatic rings. The summed E-state index contributed by atoms with van der Waals surface area (Å²) in [5.74, 6) is -0.810. The molecule has 0 aromatic heterocycles. The van der Waals surface area contributed by atoms with Crippen molar-refractivity contribution in [3.63, 3.8) is 0 Å². The van der Waals surface area contributed by atoms with Gasteiger partial charge in [-0.15, -0.1) is 0 Å². The summed E-state index contributed by atoms with van der Waals surface area (Å²) >= 11 is -2.30. The van der Waals surface area contributed by atoms with Crippen LogP contribution in [-0.2, 0) is 0 Å². The maximum atomic E-state index is 11.1. The molecule has 0 aliphatic heterocycles. The van der Waals surface area contributed by atoms with Crippen LogP contribution in [0.4, 0.5) is 0 Å². The first-order valence-electron chi connectivity index (χ1n) is 6.35. The standard InChI is InChI=1S/C8H7O2.3C2H5.Sn/c1-6-2-4-7(5-3-6)8(9)10;3*1-2;/h2,4-5H,1H3,(H,9,10);3*1H2,2H3;. The molecule has 1 aromatic carbocycles. The topological polar surface area (TPSA) is 37.3 Å². The fraction of sp³-hybridized carbons (Fsp3) is 0.500. The van der Waals surface area contributed by atoms with E-state index in [0.29, 0.717) is 5.56 Å². The van der Waals surface area contributed by atoms with E-state index in [0.717, 1.165) is 0 Å². The minimum atomic E-state index is -2.30. The van der Waals surface area contributed by atoms with E-state index in [9.17, 15) is 4.79 Å². The molecule has 3 heteroatoms. The van der Waals surface area contributed by atoms with Crippen LogP contribution in [0.5, 0.6) is 0 Å². The summed E-state index contributed by atoms with van der Waals surface area (Å²) in [4.78, 5) is 11.1. The molecule has 0 saturated heterocycles. The van der Waals surface area contributed by atoms with Crippen LogP contribution in [0.15, 0.2) is 18.2 Å². The monoisotopic (exact) mass is 342 g/mol. The van der Waals surface area contributed by atoms with Crippen LogP contribution >= 0.6 is 0 Å². The van der Waals surface area contributed by atoms with Gasteiger partial charge < -0.3 is 0 Å². The number of aromatic carboxylic acids is 1. The fourth-order valence-electron chi connectivity index (χ4n) is 2.65. The van der Waals surface area contributed by atoms with Gasteiger partial charge in [0.25, 0.3) is 0 Å². The zero-order valence-electron chi connectivity index (χ0n) is 11.2. The van der Waals surface area contributed by atoms with Gasteiger partial charge in [0.2, 0.25) is 0 Å². The Bertz CT molecular complexity index is 400. The SMILES string of the molecule is C[CH2][Sn]([CH2]C)([CH2]C)[c]1cc(C(=O)O)ccc1C. The molecule has 2 nitrogen and oxygen atoms in total. The molecule has 0 unspecified atom stereocenters. The molecule has 0 atom stereocenters. The minimum absolute atomic E-state index is 0.446. The predicted octanol–water partition coefficient (Wildman–Crippen LogP) is 3.41. The Balaban J connectivity index is 3.36. The van der Waals surface area contributed by atoms with E-state index in [1.54, 1.807) is 6.07 Å². The third kappa shape index (κ3) is 2.84. The molecular weight excluding hydrogens is 319 g/mol. The summed E-state index contributed by atoms with van der Waals surface area (Å²) in [5, 5.41) is 9.11. The van der Waals surface area contributed by atoms with Gasteiger partial charge in [-0.2, -0.15) is 0 Å². The second kappa shape index (κ2) is 5.89. The number of carboxylic acids is 1. The fourth-order valence-corrected chi connectivity index (χ4v) is 14.1. The quantitative estimate of drug-likeness (QED) is 0.834. The van der Waals surface area contributed by atoms with Crippen molar-refractivity contribution in [2.24, 2.45) is 0 Å². The van der Waals surface area contributed by atoms with Crippen LogP contribution in [-0.4, -0.2) is 29.5 Å². The summed E-state index contributed by atoms with van der Waals surface area (Å²) < 4.78 is 5.18. The van der Waals surface area contributed by atoms with Gasteiger partial charge in [0.15, 0.2) is 0 Å². The van der Waals surface area contributed by atoms with Crippen molar-refractivity contribution in [3.05, 3.63) is 29.3 Å². The van der Waals surface area contributed by atoms with Crippen molar-refractivity contribution in [2.45, 2.75) is 41.0 Å². The van der Waals surface area contributed by atoms with Gasteiger partial charge >= 0.3 is 108 Å². The van der Waals surface area contributed by atoms with Crippen LogP contribution in [0.1, 0.15) is 36.7 Å². The number of carboxylic acid groups (broad SMARTS) is 1. The van der Waals surface area contributed by atoms with Crippen molar-refractivity contribution in [1.29, 1.82) is 0 Å². The summed E-state index contributed by atoms with van der Waals surface area (Å²) in [6.45, 7) is 8.94. The van der Waals surface area contributed by atoms with E-state index >= 15 is 0 Å². The molecule has 0 aliphatic carbocycles. The van der Waals surface area contributed by atoms with E-state index in [2.05, 4.69) is 27.7 Å². The number of benzene rings is 1. The second-order valence-corrected chi connectivity index (χ2v) is 19.6. The molecular formula is C14H22O2Sn. The van der Waals surface area contributed by atoms with E-state index in [4.69, 9.17) is 5.11 Å². The summed E-state index contributed by atoms with van der Waals surface area (Å²) in [7, 11) is 0.